The molecule has 0 unspecified atom stereocenters. The molecule has 0 saturated carbocycles. The van der Waals surface area contributed by atoms with E-state index in [1.54, 1.807) is 12.1 Å². The maximum atomic E-state index is 12.4. The third-order valence-electron chi connectivity index (χ3n) is 4.72. The van der Waals surface area contributed by atoms with Gasteiger partial charge in [0.1, 0.15) is 5.69 Å². The number of hydrogen-bond donors (Lipinski definition) is 2. The monoisotopic (exact) mass is 432 g/mol. The van der Waals surface area contributed by atoms with Gasteiger partial charge >= 0.3 is 5.97 Å². The molecule has 0 aliphatic rings. The molecule has 0 aliphatic heterocycles. The standard InChI is InChI=1S/C24H24N4O4/c1-16-3-5-17(6-4-16)7-8-22(29)27-14-18-11-19(24(31)32-2)13-20(12-18)28-23(30)21-15-25-9-10-26-21/h3-6,9-13,15H,7-8,14H2,1-2H3,(H,27,29)(H,28,30). The van der Waals surface area contributed by atoms with Crippen LogP contribution in [-0.4, -0.2) is 34.9 Å². The van der Waals surface area contributed by atoms with E-state index in [4.69, 9.17) is 4.74 Å². The Hall–Kier alpha value is -4.07. The number of carbonyl (C=O) groups excluding carboxylic acids is 3. The van der Waals surface area contributed by atoms with Crippen LogP contribution in [0, 0.1) is 6.92 Å². The maximum Gasteiger partial charge on any atom is 0.337 e. The molecule has 8 heteroatoms. The van der Waals surface area contributed by atoms with E-state index in [-0.39, 0.29) is 23.7 Å². The van der Waals surface area contributed by atoms with Crippen LogP contribution in [0.5, 0.6) is 0 Å². The van der Waals surface area contributed by atoms with E-state index in [9.17, 15) is 14.4 Å². The third-order valence-corrected chi connectivity index (χ3v) is 4.72. The molecule has 0 aliphatic carbocycles. The van der Waals surface area contributed by atoms with Gasteiger partial charge in [0.05, 0.1) is 18.9 Å². The molecule has 3 aromatic rings. The number of anilines is 1. The number of ether oxygens (including phenoxy) is 1. The second kappa shape index (κ2) is 10.8. The molecule has 164 valence electrons. The first kappa shape index (κ1) is 22.6. The molecule has 0 saturated heterocycles. The molecular formula is C24H24N4O4. The number of carbonyl (C=O) groups is 3. The summed E-state index contributed by atoms with van der Waals surface area (Å²) in [4.78, 5) is 44.6. The predicted octanol–water partition coefficient (Wildman–Crippen LogP) is 3.07. The van der Waals surface area contributed by atoms with Gasteiger partial charge in [0.15, 0.2) is 0 Å². The van der Waals surface area contributed by atoms with Gasteiger partial charge in [-0.2, -0.15) is 0 Å². The van der Waals surface area contributed by atoms with Crippen LogP contribution in [0.25, 0.3) is 0 Å². The number of esters is 1. The smallest absolute Gasteiger partial charge is 0.337 e. The zero-order chi connectivity index (χ0) is 22.9. The first-order valence-electron chi connectivity index (χ1n) is 10.1. The summed E-state index contributed by atoms with van der Waals surface area (Å²) in [6, 6.07) is 12.8. The topological polar surface area (TPSA) is 110 Å². The first-order valence-corrected chi connectivity index (χ1v) is 10.1. The number of methoxy groups -OCH3 is 1. The molecule has 0 spiro atoms. The molecular weight excluding hydrogens is 408 g/mol. The highest BCUT2D eigenvalue weighted by atomic mass is 16.5. The van der Waals surface area contributed by atoms with Gasteiger partial charge in [-0.25, -0.2) is 9.78 Å². The summed E-state index contributed by atoms with van der Waals surface area (Å²) in [6.45, 7) is 2.22. The Kier molecular flexibility index (Phi) is 7.64. The SMILES string of the molecule is COC(=O)c1cc(CNC(=O)CCc2ccc(C)cc2)cc(NC(=O)c2cnccn2)c1. The summed E-state index contributed by atoms with van der Waals surface area (Å²) in [5.41, 5.74) is 3.69. The van der Waals surface area contributed by atoms with Gasteiger partial charge in [-0.1, -0.05) is 29.8 Å². The van der Waals surface area contributed by atoms with Gasteiger partial charge in [0, 0.05) is 31.0 Å². The minimum atomic E-state index is -0.549. The Morgan fingerprint density at radius 3 is 2.47 bits per heavy atom. The van der Waals surface area contributed by atoms with E-state index < -0.39 is 11.9 Å². The van der Waals surface area contributed by atoms with Crippen molar-refractivity contribution in [2.75, 3.05) is 12.4 Å². The van der Waals surface area contributed by atoms with E-state index in [2.05, 4.69) is 20.6 Å². The Balaban J connectivity index is 1.66. The number of hydrogen-bond acceptors (Lipinski definition) is 6. The largest absolute Gasteiger partial charge is 0.465 e. The Morgan fingerprint density at radius 2 is 1.78 bits per heavy atom. The van der Waals surface area contributed by atoms with Crippen molar-refractivity contribution in [1.29, 1.82) is 0 Å². The number of rotatable bonds is 8. The van der Waals surface area contributed by atoms with Crippen LogP contribution in [0.2, 0.25) is 0 Å². The van der Waals surface area contributed by atoms with Gasteiger partial charge in [-0.05, 0) is 42.7 Å². The van der Waals surface area contributed by atoms with Crippen molar-refractivity contribution in [3.63, 3.8) is 0 Å². The quantitative estimate of drug-likeness (QED) is 0.530. The summed E-state index contributed by atoms with van der Waals surface area (Å²) in [7, 11) is 1.28. The van der Waals surface area contributed by atoms with Crippen LogP contribution in [-0.2, 0) is 22.5 Å². The van der Waals surface area contributed by atoms with Crippen LogP contribution in [0.15, 0.2) is 61.1 Å². The highest BCUT2D eigenvalue weighted by Gasteiger charge is 2.13. The molecule has 1 heterocycles. The lowest BCUT2D eigenvalue weighted by Gasteiger charge is -2.11. The fraction of sp³-hybridized carbons (Fsp3) is 0.208. The van der Waals surface area contributed by atoms with Gasteiger partial charge in [-0.15, -0.1) is 0 Å². The van der Waals surface area contributed by atoms with Crippen molar-refractivity contribution < 1.29 is 19.1 Å². The van der Waals surface area contributed by atoms with E-state index in [0.29, 0.717) is 24.1 Å². The summed E-state index contributed by atoms with van der Waals surface area (Å²) >= 11 is 0. The van der Waals surface area contributed by atoms with Gasteiger partial charge in [0.2, 0.25) is 5.91 Å². The van der Waals surface area contributed by atoms with Crippen molar-refractivity contribution in [3.8, 4) is 0 Å². The van der Waals surface area contributed by atoms with Crippen LogP contribution in [0.4, 0.5) is 5.69 Å². The molecule has 0 fully saturated rings. The Labute approximate surface area is 186 Å². The zero-order valence-electron chi connectivity index (χ0n) is 17.9. The highest BCUT2D eigenvalue weighted by Crippen LogP contribution is 2.17. The molecule has 3 rings (SSSR count). The third kappa shape index (κ3) is 6.46. The number of benzene rings is 2. The van der Waals surface area contributed by atoms with E-state index >= 15 is 0 Å². The fourth-order valence-electron chi connectivity index (χ4n) is 3.02. The molecule has 2 N–H and O–H groups in total. The van der Waals surface area contributed by atoms with E-state index in [1.165, 1.54) is 37.3 Å². The normalized spacial score (nSPS) is 10.3. The lowest BCUT2D eigenvalue weighted by atomic mass is 10.1. The number of aromatic nitrogens is 2. The Bertz CT molecular complexity index is 1100. The van der Waals surface area contributed by atoms with Crippen molar-refractivity contribution in [2.45, 2.75) is 26.3 Å². The van der Waals surface area contributed by atoms with Crippen LogP contribution >= 0.6 is 0 Å². The van der Waals surface area contributed by atoms with Gasteiger partial charge < -0.3 is 15.4 Å². The van der Waals surface area contributed by atoms with Crippen molar-refractivity contribution in [3.05, 3.63) is 89.0 Å². The number of amides is 2. The second-order valence-electron chi connectivity index (χ2n) is 7.22. The lowest BCUT2D eigenvalue weighted by Crippen LogP contribution is -2.23. The van der Waals surface area contributed by atoms with Gasteiger partial charge in [0.25, 0.3) is 5.91 Å². The summed E-state index contributed by atoms with van der Waals surface area (Å²) in [5.74, 6) is -1.13. The average Bonchev–Trinajstić information content (AvgIpc) is 2.82. The van der Waals surface area contributed by atoms with Crippen molar-refractivity contribution in [2.24, 2.45) is 0 Å². The fourth-order valence-corrected chi connectivity index (χ4v) is 3.02. The summed E-state index contributed by atoms with van der Waals surface area (Å²) in [6.07, 6.45) is 5.20. The second-order valence-corrected chi connectivity index (χ2v) is 7.22. The molecule has 0 atom stereocenters. The minimum Gasteiger partial charge on any atom is -0.465 e. The van der Waals surface area contributed by atoms with Crippen LogP contribution in [0.1, 0.15) is 44.0 Å². The van der Waals surface area contributed by atoms with Gasteiger partial charge in [-0.3, -0.25) is 14.6 Å². The molecule has 2 amide bonds. The first-order chi connectivity index (χ1) is 15.4. The molecule has 8 nitrogen and oxygen atoms in total. The lowest BCUT2D eigenvalue weighted by molar-refractivity contribution is -0.121. The molecule has 1 aromatic heterocycles. The maximum absolute atomic E-state index is 12.4. The molecule has 0 bridgehead atoms. The molecule has 2 aromatic carbocycles. The van der Waals surface area contributed by atoms with Crippen molar-refractivity contribution in [1.82, 2.24) is 15.3 Å². The number of nitrogens with zero attached hydrogens (tertiary/aromatic N) is 2. The highest BCUT2D eigenvalue weighted by molar-refractivity contribution is 6.03. The van der Waals surface area contributed by atoms with E-state index in [0.717, 1.165) is 5.56 Å². The summed E-state index contributed by atoms with van der Waals surface area (Å²) in [5, 5.41) is 5.55. The van der Waals surface area contributed by atoms with Crippen LogP contribution in [0.3, 0.4) is 0 Å². The number of nitrogens with one attached hydrogen (secondary N) is 2. The summed E-state index contributed by atoms with van der Waals surface area (Å²) < 4.78 is 4.80. The van der Waals surface area contributed by atoms with Crippen LogP contribution < -0.4 is 10.6 Å². The molecule has 32 heavy (non-hydrogen) atoms. The van der Waals surface area contributed by atoms with Crippen molar-refractivity contribution >= 4 is 23.5 Å². The predicted molar refractivity (Wildman–Crippen MR) is 119 cm³/mol. The average molecular weight is 432 g/mol. The Morgan fingerprint density at radius 1 is 1.00 bits per heavy atom. The van der Waals surface area contributed by atoms with E-state index in [1.807, 2.05) is 31.2 Å². The molecule has 0 radical (unpaired) electrons. The zero-order valence-corrected chi connectivity index (χ0v) is 17.9. The minimum absolute atomic E-state index is 0.112. The number of aryl methyl sites for hydroxylation is 2.